The van der Waals surface area contributed by atoms with Crippen molar-refractivity contribution in [2.45, 2.75) is 6.54 Å². The molecule has 0 aliphatic rings. The molecule has 21 heavy (non-hydrogen) atoms. The Balaban J connectivity index is 2.12. The van der Waals surface area contributed by atoms with Gasteiger partial charge in [-0.15, -0.1) is 0 Å². The molecular weight excluding hydrogens is 330 g/mol. The van der Waals surface area contributed by atoms with Crippen LogP contribution in [0.25, 0.3) is 10.9 Å². The molecule has 0 spiro atoms. The molecule has 0 aliphatic carbocycles. The Morgan fingerprint density at radius 1 is 1.24 bits per heavy atom. The van der Waals surface area contributed by atoms with E-state index in [-0.39, 0.29) is 5.56 Å². The third kappa shape index (κ3) is 2.58. The Bertz CT molecular complexity index is 925. The van der Waals surface area contributed by atoms with E-state index in [0.29, 0.717) is 23.0 Å². The molecule has 2 aromatic carbocycles. The van der Waals surface area contributed by atoms with E-state index in [1.54, 1.807) is 24.3 Å². The highest BCUT2D eigenvalue weighted by molar-refractivity contribution is 9.10. The molecule has 0 aliphatic heterocycles. The lowest BCUT2D eigenvalue weighted by molar-refractivity contribution is 0.747. The van der Waals surface area contributed by atoms with E-state index in [2.05, 4.69) is 27.0 Å². The summed E-state index contributed by atoms with van der Waals surface area (Å²) in [4.78, 5) is 16.8. The molecule has 102 valence electrons. The molecule has 0 atom stereocenters. The first kappa shape index (κ1) is 13.5. The van der Waals surface area contributed by atoms with E-state index in [9.17, 15) is 4.79 Å². The predicted molar refractivity (Wildman–Crippen MR) is 84.0 cm³/mol. The van der Waals surface area contributed by atoms with Crippen LogP contribution in [0.4, 0.5) is 0 Å². The van der Waals surface area contributed by atoms with E-state index < -0.39 is 0 Å². The van der Waals surface area contributed by atoms with E-state index in [4.69, 9.17) is 5.26 Å². The highest BCUT2D eigenvalue weighted by atomic mass is 79.9. The Morgan fingerprint density at radius 2 is 2.05 bits per heavy atom. The summed E-state index contributed by atoms with van der Waals surface area (Å²) in [6.07, 6.45) is 1.52. The van der Waals surface area contributed by atoms with Crippen LogP contribution in [0.1, 0.15) is 11.1 Å². The topological polar surface area (TPSA) is 58.7 Å². The third-order valence-corrected chi connectivity index (χ3v) is 3.76. The summed E-state index contributed by atoms with van der Waals surface area (Å²) in [5, 5.41) is 9.67. The number of aromatic nitrogens is 2. The summed E-state index contributed by atoms with van der Waals surface area (Å²) in [5.74, 6) is 0. The molecule has 0 fully saturated rings. The minimum absolute atomic E-state index is 0.117. The van der Waals surface area contributed by atoms with Crippen LogP contribution in [0.15, 0.2) is 58.1 Å². The van der Waals surface area contributed by atoms with Gasteiger partial charge < -0.3 is 0 Å². The van der Waals surface area contributed by atoms with Crippen molar-refractivity contribution in [3.63, 3.8) is 0 Å². The van der Waals surface area contributed by atoms with Gasteiger partial charge in [-0.2, -0.15) is 5.26 Å². The SMILES string of the molecule is N#Cc1ccccc1Cn1cnc2ccc(Br)cc2c1=O. The first-order valence-electron chi connectivity index (χ1n) is 6.32. The van der Waals surface area contributed by atoms with E-state index >= 15 is 0 Å². The minimum Gasteiger partial charge on any atom is -0.294 e. The first-order valence-corrected chi connectivity index (χ1v) is 7.11. The second-order valence-electron chi connectivity index (χ2n) is 4.61. The van der Waals surface area contributed by atoms with Crippen LogP contribution in [0, 0.1) is 11.3 Å². The van der Waals surface area contributed by atoms with Crippen LogP contribution in [-0.2, 0) is 6.54 Å². The van der Waals surface area contributed by atoms with E-state index in [0.717, 1.165) is 10.0 Å². The van der Waals surface area contributed by atoms with Crippen molar-refractivity contribution in [2.24, 2.45) is 0 Å². The van der Waals surface area contributed by atoms with Crippen molar-refractivity contribution in [3.8, 4) is 6.07 Å². The number of nitriles is 1. The summed E-state index contributed by atoms with van der Waals surface area (Å²) in [7, 11) is 0. The molecule has 0 radical (unpaired) electrons. The van der Waals surface area contributed by atoms with Crippen LogP contribution in [-0.4, -0.2) is 9.55 Å². The van der Waals surface area contributed by atoms with Crippen LogP contribution in [0.3, 0.4) is 0 Å². The van der Waals surface area contributed by atoms with Crippen molar-refractivity contribution >= 4 is 26.8 Å². The highest BCUT2D eigenvalue weighted by Gasteiger charge is 2.07. The van der Waals surface area contributed by atoms with Crippen molar-refractivity contribution in [2.75, 3.05) is 0 Å². The predicted octanol–water partition coefficient (Wildman–Crippen LogP) is 3.08. The van der Waals surface area contributed by atoms with Gasteiger partial charge in [0.2, 0.25) is 0 Å². The van der Waals surface area contributed by atoms with Gasteiger partial charge >= 0.3 is 0 Å². The molecule has 0 N–H and O–H groups in total. The third-order valence-electron chi connectivity index (χ3n) is 3.26. The summed E-state index contributed by atoms with van der Waals surface area (Å²) in [5.41, 5.74) is 1.92. The average molecular weight is 340 g/mol. The Labute approximate surface area is 129 Å². The van der Waals surface area contributed by atoms with Crippen molar-refractivity contribution in [3.05, 3.63) is 74.7 Å². The van der Waals surface area contributed by atoms with Gasteiger partial charge in [0.25, 0.3) is 5.56 Å². The number of nitrogens with zero attached hydrogens (tertiary/aromatic N) is 3. The molecule has 0 unspecified atom stereocenters. The molecule has 5 heteroatoms. The molecule has 0 saturated carbocycles. The molecule has 1 aromatic heterocycles. The van der Waals surface area contributed by atoms with Gasteiger partial charge in [0.15, 0.2) is 0 Å². The monoisotopic (exact) mass is 339 g/mol. The number of hydrogen-bond donors (Lipinski definition) is 0. The van der Waals surface area contributed by atoms with Crippen molar-refractivity contribution in [1.82, 2.24) is 9.55 Å². The van der Waals surface area contributed by atoms with Gasteiger partial charge in [0, 0.05) is 4.47 Å². The molecule has 3 aromatic rings. The Kier molecular flexibility index (Phi) is 3.55. The fourth-order valence-electron chi connectivity index (χ4n) is 2.19. The Hall–Kier alpha value is -2.45. The molecule has 0 bridgehead atoms. The van der Waals surface area contributed by atoms with Crippen LogP contribution < -0.4 is 5.56 Å². The first-order chi connectivity index (χ1) is 10.2. The Morgan fingerprint density at radius 3 is 2.86 bits per heavy atom. The number of rotatable bonds is 2. The highest BCUT2D eigenvalue weighted by Crippen LogP contribution is 2.15. The second kappa shape index (κ2) is 5.51. The normalized spacial score (nSPS) is 10.5. The molecule has 3 rings (SSSR count). The zero-order chi connectivity index (χ0) is 14.8. The fourth-order valence-corrected chi connectivity index (χ4v) is 2.56. The number of benzene rings is 2. The van der Waals surface area contributed by atoms with E-state index in [1.807, 2.05) is 18.2 Å². The molecular formula is C16H10BrN3O. The van der Waals surface area contributed by atoms with Gasteiger partial charge in [0.05, 0.1) is 35.4 Å². The standard InChI is InChI=1S/C16H10BrN3O/c17-13-5-6-15-14(7-13)16(21)20(10-19-15)9-12-4-2-1-3-11(12)8-18/h1-7,10H,9H2. The van der Waals surface area contributed by atoms with Crippen LogP contribution in [0.5, 0.6) is 0 Å². The number of fused-ring (bicyclic) bond motifs is 1. The molecule has 1 heterocycles. The summed E-state index contributed by atoms with van der Waals surface area (Å²) in [6.45, 7) is 0.331. The van der Waals surface area contributed by atoms with Gasteiger partial charge in [-0.05, 0) is 29.8 Å². The number of halogens is 1. The van der Waals surface area contributed by atoms with Crippen molar-refractivity contribution < 1.29 is 0 Å². The summed E-state index contributed by atoms with van der Waals surface area (Å²) in [6, 6.07) is 14.8. The quantitative estimate of drug-likeness (QED) is 0.720. The maximum absolute atomic E-state index is 12.5. The van der Waals surface area contributed by atoms with E-state index in [1.165, 1.54) is 10.9 Å². The lowest BCUT2D eigenvalue weighted by atomic mass is 10.1. The number of hydrogen-bond acceptors (Lipinski definition) is 3. The van der Waals surface area contributed by atoms with Gasteiger partial charge in [0.1, 0.15) is 0 Å². The van der Waals surface area contributed by atoms with Crippen LogP contribution in [0.2, 0.25) is 0 Å². The molecule has 0 saturated heterocycles. The largest absolute Gasteiger partial charge is 0.294 e. The zero-order valence-electron chi connectivity index (χ0n) is 11.0. The summed E-state index contributed by atoms with van der Waals surface area (Å²) < 4.78 is 2.36. The summed E-state index contributed by atoms with van der Waals surface area (Å²) >= 11 is 3.36. The fraction of sp³-hybridized carbons (Fsp3) is 0.0625. The lowest BCUT2D eigenvalue weighted by Crippen LogP contribution is -2.21. The second-order valence-corrected chi connectivity index (χ2v) is 5.52. The minimum atomic E-state index is -0.117. The maximum atomic E-state index is 12.5. The average Bonchev–Trinajstić information content (AvgIpc) is 2.51. The maximum Gasteiger partial charge on any atom is 0.261 e. The van der Waals surface area contributed by atoms with Gasteiger partial charge in [-0.1, -0.05) is 34.1 Å². The smallest absolute Gasteiger partial charge is 0.261 e. The molecule has 4 nitrogen and oxygen atoms in total. The van der Waals surface area contributed by atoms with Gasteiger partial charge in [-0.25, -0.2) is 4.98 Å². The van der Waals surface area contributed by atoms with Gasteiger partial charge in [-0.3, -0.25) is 9.36 Å². The molecule has 0 amide bonds. The zero-order valence-corrected chi connectivity index (χ0v) is 12.5. The van der Waals surface area contributed by atoms with Crippen LogP contribution >= 0.6 is 15.9 Å². The van der Waals surface area contributed by atoms with Crippen molar-refractivity contribution in [1.29, 1.82) is 5.26 Å². The lowest BCUT2D eigenvalue weighted by Gasteiger charge is -2.08.